The van der Waals surface area contributed by atoms with Gasteiger partial charge in [-0.3, -0.25) is 0 Å². The Balaban J connectivity index is 1.82. The van der Waals surface area contributed by atoms with Gasteiger partial charge in [0, 0.05) is 31.0 Å². The van der Waals surface area contributed by atoms with Crippen molar-refractivity contribution in [1.29, 1.82) is 0 Å². The quantitative estimate of drug-likeness (QED) is 0.701. The van der Waals surface area contributed by atoms with Crippen LogP contribution in [-0.4, -0.2) is 42.5 Å². The van der Waals surface area contributed by atoms with E-state index in [1.54, 1.807) is 0 Å². The van der Waals surface area contributed by atoms with E-state index < -0.39 is 0 Å². The second kappa shape index (κ2) is 9.53. The molecule has 3 heteroatoms. The number of rotatable bonds is 10. The van der Waals surface area contributed by atoms with Gasteiger partial charge in [0.25, 0.3) is 0 Å². The molecule has 1 aliphatic rings. The fourth-order valence-corrected chi connectivity index (χ4v) is 3.39. The third-order valence-electron chi connectivity index (χ3n) is 4.81. The van der Waals surface area contributed by atoms with Gasteiger partial charge in [-0.1, -0.05) is 50.4 Å². The summed E-state index contributed by atoms with van der Waals surface area (Å²) in [5, 5.41) is 3.52. The normalized spacial score (nSPS) is 17.3. The molecule has 1 saturated heterocycles. The predicted molar refractivity (Wildman–Crippen MR) is 104 cm³/mol. The van der Waals surface area contributed by atoms with Crippen molar-refractivity contribution in [2.45, 2.75) is 45.2 Å². The molecule has 0 spiro atoms. The van der Waals surface area contributed by atoms with Crippen molar-refractivity contribution in [2.24, 2.45) is 0 Å². The van der Waals surface area contributed by atoms with Crippen LogP contribution in [0.2, 0.25) is 0 Å². The fraction of sp³-hybridized carbons (Fsp3) is 0.524. The van der Waals surface area contributed by atoms with Crippen LogP contribution in [0.3, 0.4) is 0 Å². The summed E-state index contributed by atoms with van der Waals surface area (Å²) in [4.78, 5) is 4.85. The van der Waals surface area contributed by atoms with Crippen LogP contribution >= 0.6 is 0 Å². The van der Waals surface area contributed by atoms with Gasteiger partial charge in [-0.2, -0.15) is 0 Å². The molecule has 1 aromatic carbocycles. The van der Waals surface area contributed by atoms with Gasteiger partial charge in [0.05, 0.1) is 6.04 Å². The Morgan fingerprint density at radius 3 is 2.71 bits per heavy atom. The molecule has 0 radical (unpaired) electrons. The molecule has 0 aromatic heterocycles. The van der Waals surface area contributed by atoms with Gasteiger partial charge in [0.15, 0.2) is 0 Å². The second-order valence-corrected chi connectivity index (χ2v) is 6.84. The molecule has 1 heterocycles. The van der Waals surface area contributed by atoms with E-state index in [0.717, 1.165) is 38.3 Å². The zero-order chi connectivity index (χ0) is 17.4. The molecule has 1 aromatic rings. The summed E-state index contributed by atoms with van der Waals surface area (Å²) < 4.78 is 0. The van der Waals surface area contributed by atoms with Crippen LogP contribution in [0, 0.1) is 0 Å². The van der Waals surface area contributed by atoms with Crippen molar-refractivity contribution in [3.63, 3.8) is 0 Å². The molecule has 1 atom stereocenters. The highest BCUT2D eigenvalue weighted by atomic mass is 15.2. The highest BCUT2D eigenvalue weighted by Crippen LogP contribution is 2.26. The van der Waals surface area contributed by atoms with E-state index in [1.807, 2.05) is 0 Å². The summed E-state index contributed by atoms with van der Waals surface area (Å²) in [5.74, 6) is 0. The largest absolute Gasteiger partial charge is 0.383 e. The van der Waals surface area contributed by atoms with Crippen LogP contribution in [0.5, 0.6) is 0 Å². The first-order valence-electron chi connectivity index (χ1n) is 9.21. The first-order chi connectivity index (χ1) is 11.6. The summed E-state index contributed by atoms with van der Waals surface area (Å²) in [5.41, 5.74) is 3.67. The Morgan fingerprint density at radius 1 is 1.25 bits per heavy atom. The molecule has 24 heavy (non-hydrogen) atoms. The van der Waals surface area contributed by atoms with Gasteiger partial charge in [-0.15, -0.1) is 0 Å². The zero-order valence-corrected chi connectivity index (χ0v) is 15.4. The van der Waals surface area contributed by atoms with E-state index in [-0.39, 0.29) is 0 Å². The van der Waals surface area contributed by atoms with Crippen LogP contribution in [0.4, 0.5) is 0 Å². The van der Waals surface area contributed by atoms with E-state index >= 15 is 0 Å². The molecule has 1 unspecified atom stereocenters. The smallest absolute Gasteiger partial charge is 0.0679 e. The number of nitrogens with zero attached hydrogens (tertiary/aromatic N) is 2. The number of nitrogens with one attached hydrogen (secondary N) is 1. The van der Waals surface area contributed by atoms with Crippen molar-refractivity contribution < 1.29 is 0 Å². The Hall–Kier alpha value is -1.74. The van der Waals surface area contributed by atoms with Crippen molar-refractivity contribution in [2.75, 3.05) is 26.7 Å². The molecule has 0 amide bonds. The Kier molecular flexibility index (Phi) is 7.38. The van der Waals surface area contributed by atoms with Crippen molar-refractivity contribution in [3.8, 4) is 0 Å². The van der Waals surface area contributed by atoms with Gasteiger partial charge in [0.1, 0.15) is 0 Å². The van der Waals surface area contributed by atoms with Crippen LogP contribution < -0.4 is 5.32 Å². The minimum absolute atomic E-state index is 0.387. The third kappa shape index (κ3) is 5.41. The van der Waals surface area contributed by atoms with Crippen LogP contribution in [-0.2, 0) is 6.54 Å². The summed E-state index contributed by atoms with van der Waals surface area (Å²) >= 11 is 0. The molecule has 3 nitrogen and oxygen atoms in total. The summed E-state index contributed by atoms with van der Waals surface area (Å²) in [7, 11) is 2.19. The highest BCUT2D eigenvalue weighted by molar-refractivity contribution is 5.18. The summed E-state index contributed by atoms with van der Waals surface area (Å²) in [6.07, 6.45) is 4.64. The molecule has 1 fully saturated rings. The van der Waals surface area contributed by atoms with Crippen molar-refractivity contribution in [3.05, 3.63) is 60.4 Å². The zero-order valence-electron chi connectivity index (χ0n) is 15.4. The predicted octanol–water partition coefficient (Wildman–Crippen LogP) is 4.00. The maximum Gasteiger partial charge on any atom is 0.0679 e. The maximum absolute atomic E-state index is 4.35. The summed E-state index contributed by atoms with van der Waals surface area (Å²) in [6.45, 7) is 15.1. The molecule has 0 bridgehead atoms. The van der Waals surface area contributed by atoms with E-state index in [2.05, 4.69) is 72.6 Å². The van der Waals surface area contributed by atoms with Gasteiger partial charge in [0.2, 0.25) is 0 Å². The lowest BCUT2D eigenvalue weighted by Gasteiger charge is -2.31. The van der Waals surface area contributed by atoms with Gasteiger partial charge >= 0.3 is 0 Å². The molecule has 1 aliphatic heterocycles. The first kappa shape index (κ1) is 18.6. The van der Waals surface area contributed by atoms with Crippen molar-refractivity contribution >= 4 is 0 Å². The molecule has 0 aliphatic carbocycles. The van der Waals surface area contributed by atoms with Crippen LogP contribution in [0.1, 0.15) is 38.2 Å². The van der Waals surface area contributed by atoms with Gasteiger partial charge < -0.3 is 15.1 Å². The lowest BCUT2D eigenvalue weighted by atomic mass is 10.1. The maximum atomic E-state index is 4.35. The minimum atomic E-state index is 0.387. The van der Waals surface area contributed by atoms with Gasteiger partial charge in [-0.05, 0) is 44.8 Å². The number of likely N-dealkylation sites (tertiary alicyclic amines) is 1. The fourth-order valence-electron chi connectivity index (χ4n) is 3.39. The monoisotopic (exact) mass is 327 g/mol. The SMILES string of the molecule is C=C(NCc1ccccc1)C1CCCN1C(=C)CCN(C)CCC. The molecular weight excluding hydrogens is 294 g/mol. The third-order valence-corrected chi connectivity index (χ3v) is 4.81. The number of hydrogen-bond donors (Lipinski definition) is 1. The Bertz CT molecular complexity index is 523. The van der Waals surface area contributed by atoms with Crippen LogP contribution in [0.15, 0.2) is 54.9 Å². The van der Waals surface area contributed by atoms with E-state index in [4.69, 9.17) is 0 Å². The van der Waals surface area contributed by atoms with Crippen LogP contribution in [0.25, 0.3) is 0 Å². The lowest BCUT2D eigenvalue weighted by molar-refractivity contribution is 0.294. The minimum Gasteiger partial charge on any atom is -0.383 e. The average molecular weight is 328 g/mol. The van der Waals surface area contributed by atoms with Gasteiger partial charge in [-0.25, -0.2) is 0 Å². The first-order valence-corrected chi connectivity index (χ1v) is 9.21. The molecule has 132 valence electrons. The average Bonchev–Trinajstić information content (AvgIpc) is 3.08. The molecular formula is C21H33N3. The molecule has 0 saturated carbocycles. The summed E-state index contributed by atoms with van der Waals surface area (Å²) in [6, 6.07) is 10.9. The molecule has 2 rings (SSSR count). The lowest BCUT2D eigenvalue weighted by Crippen LogP contribution is -2.35. The second-order valence-electron chi connectivity index (χ2n) is 6.84. The highest BCUT2D eigenvalue weighted by Gasteiger charge is 2.27. The van der Waals surface area contributed by atoms with E-state index in [9.17, 15) is 0 Å². The standard InChI is InChI=1S/C21H33N3/c1-5-14-23(4)16-13-18(2)24-15-9-12-21(24)19(3)22-17-20-10-7-6-8-11-20/h6-8,10-11,21-22H,2-3,5,9,12-17H2,1,4H3. The Labute approximate surface area is 148 Å². The van der Waals surface area contributed by atoms with E-state index in [1.165, 1.54) is 30.5 Å². The number of benzene rings is 1. The topological polar surface area (TPSA) is 18.5 Å². The number of hydrogen-bond acceptors (Lipinski definition) is 3. The Morgan fingerprint density at radius 2 is 2.00 bits per heavy atom. The van der Waals surface area contributed by atoms with Crippen molar-refractivity contribution in [1.82, 2.24) is 15.1 Å². The molecule has 1 N–H and O–H groups in total. The van der Waals surface area contributed by atoms with E-state index in [0.29, 0.717) is 6.04 Å².